The van der Waals surface area contributed by atoms with Crippen molar-refractivity contribution in [3.05, 3.63) is 70.8 Å². The van der Waals surface area contributed by atoms with Crippen molar-refractivity contribution in [2.45, 2.75) is 38.3 Å². The standard InChI is InChI=1S/2C8H8F3N.2C3H4O4.Cu.2H2O/c2*9-8(10,11)7-3-1-6(5-12)2-4-7;2*4-2(5)1-3(6)7;;;/h2*1-4H,5,12H2;2*1H2,(H,4,5)(H,6,7);;2*1H2/q;;;;+2;;/p-2. The van der Waals surface area contributed by atoms with Crippen molar-refractivity contribution < 1.29 is 105 Å². The second-order valence-corrected chi connectivity index (χ2v) is 6.73. The van der Waals surface area contributed by atoms with Gasteiger partial charge in [0.2, 0.25) is 0 Å². The monoisotopic (exact) mass is 655 g/mol. The van der Waals surface area contributed by atoms with Gasteiger partial charge in [-0.25, -0.2) is 0 Å². The van der Waals surface area contributed by atoms with Crippen molar-refractivity contribution in [3.63, 3.8) is 0 Å². The molecule has 0 aliphatic heterocycles. The molecule has 2 aromatic rings. The van der Waals surface area contributed by atoms with E-state index in [1.165, 1.54) is 24.3 Å². The van der Waals surface area contributed by atoms with E-state index in [9.17, 15) is 65.9 Å². The van der Waals surface area contributed by atoms with Crippen LogP contribution in [0.4, 0.5) is 26.3 Å². The molecule has 0 bridgehead atoms. The summed E-state index contributed by atoms with van der Waals surface area (Å²) in [6, 6.07) is 10.0. The molecule has 10 N–H and O–H groups in total. The van der Waals surface area contributed by atoms with Gasteiger partial charge in [-0.3, -0.25) is 0 Å². The van der Waals surface area contributed by atoms with E-state index >= 15 is 0 Å². The number of rotatable bonds is 6. The fourth-order valence-electron chi connectivity index (χ4n) is 1.96. The zero-order chi connectivity index (χ0) is 30.1. The normalized spacial score (nSPS) is 9.56. The molecule has 0 amide bonds. The van der Waals surface area contributed by atoms with Gasteiger partial charge in [0.1, 0.15) is 0 Å². The van der Waals surface area contributed by atoms with Gasteiger partial charge in [-0.05, 0) is 24.3 Å². The van der Waals surface area contributed by atoms with Crippen LogP contribution in [0.15, 0.2) is 48.5 Å². The van der Waals surface area contributed by atoms with Gasteiger partial charge in [0, 0.05) is 47.8 Å². The van der Waals surface area contributed by atoms with E-state index in [0.717, 1.165) is 35.4 Å². The molecule has 2 rings (SSSR count). The molecule has 0 saturated carbocycles. The largest absolute Gasteiger partial charge is 2.00 e. The van der Waals surface area contributed by atoms with Gasteiger partial charge in [-0.1, -0.05) is 24.3 Å². The first-order chi connectivity index (χ1) is 17.3. The Morgan fingerprint density at radius 1 is 0.537 bits per heavy atom. The van der Waals surface area contributed by atoms with E-state index in [-0.39, 0.29) is 28.0 Å². The average Bonchev–Trinajstić information content (AvgIpc) is 2.77. The summed E-state index contributed by atoms with van der Waals surface area (Å²) in [6.45, 7) is 1.02. The van der Waals surface area contributed by atoms with E-state index in [2.05, 4.69) is 11.5 Å². The third-order valence-electron chi connectivity index (χ3n) is 3.72. The number of carbonyl (C=O) groups excluding carboxylic acids is 4. The van der Waals surface area contributed by atoms with Gasteiger partial charge in [-0.2, -0.15) is 26.3 Å². The van der Waals surface area contributed by atoms with Crippen LogP contribution in [0.1, 0.15) is 35.1 Å². The SMILES string of the molecule is O.O.O=C([O-])CC(=O)[O-].O=C([O-])CC(=O)[O-].[Cu+2].[NH3+]Cc1ccc(C(F)(F)F)cc1.[NH3+]Cc1ccc(C(F)(F)F)cc1. The van der Waals surface area contributed by atoms with Crippen LogP contribution in [0, 0.1) is 0 Å². The molecule has 237 valence electrons. The number of quaternary nitrogens is 2. The molecule has 0 aromatic heterocycles. The summed E-state index contributed by atoms with van der Waals surface area (Å²) in [7, 11) is 0. The summed E-state index contributed by atoms with van der Waals surface area (Å²) in [5.41, 5.74) is 7.53. The summed E-state index contributed by atoms with van der Waals surface area (Å²) in [5, 5.41) is 37.1. The molecule has 0 atom stereocenters. The maximum Gasteiger partial charge on any atom is 2.00 e. The number of hydrogen-bond donors (Lipinski definition) is 2. The Hall–Kier alpha value is -3.74. The molecule has 0 fully saturated rings. The van der Waals surface area contributed by atoms with E-state index in [1.807, 2.05) is 0 Å². The number of alkyl halides is 6. The number of carboxylic acids is 4. The maximum atomic E-state index is 12.0. The second kappa shape index (κ2) is 23.0. The van der Waals surface area contributed by atoms with E-state index in [1.54, 1.807) is 0 Å². The third kappa shape index (κ3) is 26.3. The van der Waals surface area contributed by atoms with Crippen molar-refractivity contribution in [3.8, 4) is 0 Å². The summed E-state index contributed by atoms with van der Waals surface area (Å²) in [5.74, 6) is -6.50. The summed E-state index contributed by atoms with van der Waals surface area (Å²) >= 11 is 0. The van der Waals surface area contributed by atoms with E-state index in [0.29, 0.717) is 13.1 Å². The molecule has 12 nitrogen and oxygen atoms in total. The third-order valence-corrected chi connectivity index (χ3v) is 3.72. The fourth-order valence-corrected chi connectivity index (χ4v) is 1.96. The summed E-state index contributed by atoms with van der Waals surface area (Å²) in [6.07, 6.45) is -10.5. The molecule has 0 saturated heterocycles. The minimum absolute atomic E-state index is 0. The summed E-state index contributed by atoms with van der Waals surface area (Å²) in [4.78, 5) is 37.1. The Labute approximate surface area is 238 Å². The minimum Gasteiger partial charge on any atom is -0.550 e. The predicted molar refractivity (Wildman–Crippen MR) is 113 cm³/mol. The number of hydrogen-bond acceptors (Lipinski definition) is 8. The number of carbonyl (C=O) groups is 4. The Morgan fingerprint density at radius 2 is 0.732 bits per heavy atom. The van der Waals surface area contributed by atoms with Crippen LogP contribution in [-0.2, 0) is 61.7 Å². The van der Waals surface area contributed by atoms with Crippen molar-refractivity contribution >= 4 is 23.9 Å². The minimum atomic E-state index is -4.24. The zero-order valence-electron chi connectivity index (χ0n) is 20.7. The molecule has 0 aliphatic carbocycles. The molecule has 2 aromatic carbocycles. The fraction of sp³-hybridized carbons (Fsp3) is 0.273. The number of carboxylic acid groups (broad SMARTS) is 4. The van der Waals surface area contributed by atoms with Gasteiger partial charge < -0.3 is 62.0 Å². The van der Waals surface area contributed by atoms with Gasteiger partial charge >= 0.3 is 29.4 Å². The molecular formula is C22H26CuF6N2O10. The molecule has 0 aliphatic rings. The summed E-state index contributed by atoms with van der Waals surface area (Å²) < 4.78 is 72.0. The molecule has 0 heterocycles. The van der Waals surface area contributed by atoms with Crippen molar-refractivity contribution in [1.29, 1.82) is 0 Å². The van der Waals surface area contributed by atoms with Gasteiger partial charge in [0.25, 0.3) is 0 Å². The van der Waals surface area contributed by atoms with E-state index in [4.69, 9.17) is 0 Å². The van der Waals surface area contributed by atoms with Crippen LogP contribution in [0.25, 0.3) is 0 Å². The average molecular weight is 656 g/mol. The second-order valence-electron chi connectivity index (χ2n) is 6.73. The predicted octanol–water partition coefficient (Wildman–Crippen LogP) is -5.00. The first-order valence-corrected chi connectivity index (χ1v) is 10.0. The van der Waals surface area contributed by atoms with Gasteiger partial charge in [-0.15, -0.1) is 0 Å². The smallest absolute Gasteiger partial charge is 0.550 e. The molecular weight excluding hydrogens is 630 g/mol. The van der Waals surface area contributed by atoms with Crippen molar-refractivity contribution in [1.82, 2.24) is 0 Å². The Bertz CT molecular complexity index is 928. The number of benzene rings is 2. The molecule has 1 radical (unpaired) electrons. The first-order valence-electron chi connectivity index (χ1n) is 10.0. The molecule has 41 heavy (non-hydrogen) atoms. The maximum absolute atomic E-state index is 12.0. The van der Waals surface area contributed by atoms with Crippen molar-refractivity contribution in [2.24, 2.45) is 0 Å². The zero-order valence-corrected chi connectivity index (χ0v) is 21.6. The van der Waals surface area contributed by atoms with Crippen LogP contribution in [0.3, 0.4) is 0 Å². The Morgan fingerprint density at radius 3 is 0.829 bits per heavy atom. The Kier molecular flexibility index (Phi) is 26.4. The van der Waals surface area contributed by atoms with Crippen LogP contribution < -0.4 is 31.9 Å². The van der Waals surface area contributed by atoms with Crippen LogP contribution in [0.2, 0.25) is 0 Å². The van der Waals surface area contributed by atoms with Gasteiger partial charge in [0.15, 0.2) is 0 Å². The number of aliphatic carboxylic acids is 4. The van der Waals surface area contributed by atoms with Crippen LogP contribution >= 0.6 is 0 Å². The molecule has 19 heteroatoms. The van der Waals surface area contributed by atoms with Crippen molar-refractivity contribution in [2.75, 3.05) is 0 Å². The first kappa shape index (κ1) is 47.1. The van der Waals surface area contributed by atoms with Crippen LogP contribution in [-0.4, -0.2) is 34.8 Å². The van der Waals surface area contributed by atoms with Gasteiger partial charge in [0.05, 0.1) is 24.2 Å². The molecule has 0 spiro atoms. The molecule has 0 unspecified atom stereocenters. The van der Waals surface area contributed by atoms with E-state index < -0.39 is 60.2 Å². The topological polar surface area (TPSA) is 279 Å². The van der Waals surface area contributed by atoms with Crippen LogP contribution in [0.5, 0.6) is 0 Å². The number of halogens is 6. The Balaban J connectivity index is -0.000000142. The quantitative estimate of drug-likeness (QED) is 0.172.